The van der Waals surface area contributed by atoms with Crippen LogP contribution < -0.4 is 5.32 Å². The van der Waals surface area contributed by atoms with Crippen molar-refractivity contribution < 1.29 is 31.9 Å². The first-order valence-corrected chi connectivity index (χ1v) is 11.8. The molecule has 0 fully saturated rings. The molecule has 0 saturated heterocycles. The third-order valence-corrected chi connectivity index (χ3v) is 6.41. The summed E-state index contributed by atoms with van der Waals surface area (Å²) in [6.07, 6.45) is -4.63. The van der Waals surface area contributed by atoms with Crippen molar-refractivity contribution in [1.29, 1.82) is 0 Å². The first-order chi connectivity index (χ1) is 17.1. The first kappa shape index (κ1) is 25.5. The highest BCUT2D eigenvalue weighted by Gasteiger charge is 2.41. The van der Waals surface area contributed by atoms with Gasteiger partial charge in [-0.2, -0.15) is 13.2 Å². The minimum atomic E-state index is -4.51. The number of thioether (sulfide) groups is 1. The molecule has 1 amide bonds. The second-order valence-electron chi connectivity index (χ2n) is 7.97. The first-order valence-electron chi connectivity index (χ1n) is 10.9. The molecule has 0 radical (unpaired) electrons. The number of rotatable bonds is 6. The monoisotopic (exact) mass is 519 g/mol. The molecule has 4 rings (SSSR count). The van der Waals surface area contributed by atoms with Gasteiger partial charge in [-0.25, -0.2) is 14.2 Å². The highest BCUT2D eigenvalue weighted by molar-refractivity contribution is 8.16. The van der Waals surface area contributed by atoms with Crippen LogP contribution in [0.2, 0.25) is 0 Å². The summed E-state index contributed by atoms with van der Waals surface area (Å²) in [5.74, 6) is -1.48. The van der Waals surface area contributed by atoms with E-state index < -0.39 is 35.5 Å². The molecule has 1 atom stereocenters. The summed E-state index contributed by atoms with van der Waals surface area (Å²) in [5, 5.41) is 4.87. The van der Waals surface area contributed by atoms with Crippen molar-refractivity contribution in [3.63, 3.8) is 0 Å². The van der Waals surface area contributed by atoms with Crippen LogP contribution in [0.1, 0.15) is 37.4 Å². The Morgan fingerprint density at radius 2 is 1.78 bits per heavy atom. The van der Waals surface area contributed by atoms with Crippen LogP contribution in [0.25, 0.3) is 0 Å². The number of carbonyl (C=O) groups excluding carboxylic acids is 2. The molecule has 36 heavy (non-hydrogen) atoms. The molecule has 0 aliphatic carbocycles. The number of allylic oxidation sites excluding steroid dienone is 1. The van der Waals surface area contributed by atoms with E-state index in [0.29, 0.717) is 27.8 Å². The number of hydrogen-bond acceptors (Lipinski definition) is 6. The summed E-state index contributed by atoms with van der Waals surface area (Å²) in [4.78, 5) is 31.8. The quantitative estimate of drug-likeness (QED) is 0.374. The smallest absolute Gasteiger partial charge is 0.416 e. The molecule has 2 aromatic rings. The van der Waals surface area contributed by atoms with Crippen molar-refractivity contribution in [2.45, 2.75) is 32.5 Å². The van der Waals surface area contributed by atoms with E-state index in [-0.39, 0.29) is 18.6 Å². The van der Waals surface area contributed by atoms with E-state index in [9.17, 15) is 27.2 Å². The molecule has 6 nitrogen and oxygen atoms in total. The summed E-state index contributed by atoms with van der Waals surface area (Å²) in [7, 11) is 0. The van der Waals surface area contributed by atoms with E-state index in [1.807, 2.05) is 0 Å². The predicted molar refractivity (Wildman–Crippen MR) is 128 cm³/mol. The lowest BCUT2D eigenvalue weighted by atomic mass is 9.93. The summed E-state index contributed by atoms with van der Waals surface area (Å²) < 4.78 is 57.9. The van der Waals surface area contributed by atoms with Crippen molar-refractivity contribution in [3.05, 3.63) is 87.9 Å². The zero-order valence-electron chi connectivity index (χ0n) is 19.2. The van der Waals surface area contributed by atoms with Gasteiger partial charge in [-0.1, -0.05) is 23.9 Å². The van der Waals surface area contributed by atoms with Crippen LogP contribution in [0.3, 0.4) is 0 Å². The van der Waals surface area contributed by atoms with Gasteiger partial charge in [0.15, 0.2) is 5.17 Å². The lowest BCUT2D eigenvalue weighted by Crippen LogP contribution is -2.37. The number of carbonyl (C=O) groups is 2. The maximum atomic E-state index is 13.2. The zero-order valence-corrected chi connectivity index (χ0v) is 20.0. The summed E-state index contributed by atoms with van der Waals surface area (Å²) in [6.45, 7) is 3.38. The number of aliphatic imine (C=N–C) groups is 1. The van der Waals surface area contributed by atoms with Gasteiger partial charge in [-0.15, -0.1) is 0 Å². The van der Waals surface area contributed by atoms with Gasteiger partial charge in [0.1, 0.15) is 5.82 Å². The Balaban J connectivity index is 1.67. The molecule has 2 heterocycles. The molecule has 0 spiro atoms. The number of alkyl halides is 3. The molecule has 0 aromatic heterocycles. The van der Waals surface area contributed by atoms with E-state index >= 15 is 0 Å². The number of benzene rings is 2. The lowest BCUT2D eigenvalue weighted by Gasteiger charge is -2.36. The van der Waals surface area contributed by atoms with E-state index in [4.69, 9.17) is 4.74 Å². The molecule has 1 N–H and O–H groups in total. The molecule has 188 valence electrons. The number of halogens is 4. The minimum absolute atomic E-state index is 0.101. The van der Waals surface area contributed by atoms with E-state index in [0.717, 1.165) is 12.1 Å². The average Bonchev–Trinajstić information content (AvgIpc) is 3.21. The zero-order chi connectivity index (χ0) is 26.0. The Labute approximate surface area is 208 Å². The van der Waals surface area contributed by atoms with Gasteiger partial charge >= 0.3 is 12.1 Å². The van der Waals surface area contributed by atoms with Crippen LogP contribution in [-0.4, -0.2) is 28.6 Å². The summed E-state index contributed by atoms with van der Waals surface area (Å²) in [6, 6.07) is 8.96. The largest absolute Gasteiger partial charge is 0.463 e. The number of nitrogens with one attached hydrogen (secondary N) is 1. The number of hydrogen-bond donors (Lipinski definition) is 1. The third-order valence-electron chi connectivity index (χ3n) is 5.52. The second-order valence-corrected chi connectivity index (χ2v) is 8.80. The Morgan fingerprint density at radius 3 is 2.39 bits per heavy atom. The Hall–Kier alpha value is -3.60. The normalized spacial score (nSPS) is 17.4. The van der Waals surface area contributed by atoms with Crippen LogP contribution in [0.4, 0.5) is 23.2 Å². The topological polar surface area (TPSA) is 71.0 Å². The Kier molecular flexibility index (Phi) is 7.21. The number of anilines is 1. The molecular weight excluding hydrogens is 498 g/mol. The van der Waals surface area contributed by atoms with Crippen LogP contribution in [0, 0.1) is 5.82 Å². The third kappa shape index (κ3) is 5.30. The molecule has 2 aromatic carbocycles. The van der Waals surface area contributed by atoms with E-state index in [1.54, 1.807) is 24.2 Å². The van der Waals surface area contributed by atoms with Crippen molar-refractivity contribution in [3.8, 4) is 0 Å². The van der Waals surface area contributed by atoms with Crippen molar-refractivity contribution >= 4 is 34.5 Å². The molecule has 0 bridgehead atoms. The van der Waals surface area contributed by atoms with Crippen molar-refractivity contribution in [1.82, 2.24) is 4.90 Å². The molecular formula is C25H21F4N3O3S. The number of amides is 1. The number of nitrogens with zero attached hydrogens (tertiary/aromatic N) is 2. The molecule has 0 saturated carbocycles. The number of ether oxygens (including phenoxy) is 1. The van der Waals surface area contributed by atoms with Crippen LogP contribution >= 0.6 is 11.8 Å². The van der Waals surface area contributed by atoms with Crippen LogP contribution in [-0.2, 0) is 20.5 Å². The molecule has 2 aliphatic heterocycles. The predicted octanol–water partition coefficient (Wildman–Crippen LogP) is 6.01. The van der Waals surface area contributed by atoms with Gasteiger partial charge in [0.25, 0.3) is 0 Å². The van der Waals surface area contributed by atoms with E-state index in [1.165, 1.54) is 48.2 Å². The van der Waals surface area contributed by atoms with Gasteiger partial charge in [0, 0.05) is 11.4 Å². The highest BCUT2D eigenvalue weighted by Crippen LogP contribution is 2.45. The van der Waals surface area contributed by atoms with Gasteiger partial charge in [0.05, 0.1) is 35.9 Å². The fourth-order valence-electron chi connectivity index (χ4n) is 3.91. The summed E-state index contributed by atoms with van der Waals surface area (Å²) >= 11 is 1.24. The summed E-state index contributed by atoms with van der Waals surface area (Å²) in [5.41, 5.74) is 1.04. The minimum Gasteiger partial charge on any atom is -0.463 e. The fraction of sp³-hybridized carbons (Fsp3) is 0.240. The van der Waals surface area contributed by atoms with Gasteiger partial charge in [-0.05, 0) is 61.2 Å². The SMILES string of the molecule is CCOC(=O)C1=C(C)N=C2SC=C(CC(=O)Nc3ccc(F)cc3)N2[C@H]1c1ccc(C(F)(F)F)cc1. The Morgan fingerprint density at radius 1 is 1.11 bits per heavy atom. The molecule has 0 unspecified atom stereocenters. The second kappa shape index (κ2) is 10.2. The Bertz CT molecular complexity index is 1270. The lowest BCUT2D eigenvalue weighted by molar-refractivity contribution is -0.139. The standard InChI is InChI=1S/C25H21F4N3O3S/c1-3-35-23(34)21-14(2)30-24-32(22(21)15-4-6-16(7-5-15)25(27,28)29)19(13-36-24)12-20(33)31-18-10-8-17(26)9-11-18/h4-11,13,22H,3,12H2,1-2H3,(H,31,33)/t22-/m0/s1. The van der Waals surface area contributed by atoms with Gasteiger partial charge in [-0.3, -0.25) is 4.79 Å². The molecule has 11 heteroatoms. The van der Waals surface area contributed by atoms with Crippen LogP contribution in [0.5, 0.6) is 0 Å². The fourth-order valence-corrected chi connectivity index (χ4v) is 4.88. The van der Waals surface area contributed by atoms with Crippen molar-refractivity contribution in [2.24, 2.45) is 4.99 Å². The van der Waals surface area contributed by atoms with Gasteiger partial charge < -0.3 is 15.0 Å². The maximum Gasteiger partial charge on any atom is 0.416 e. The number of fused-ring (bicyclic) bond motifs is 1. The van der Waals surface area contributed by atoms with Gasteiger partial charge in [0.2, 0.25) is 5.91 Å². The van der Waals surface area contributed by atoms with Crippen molar-refractivity contribution in [2.75, 3.05) is 11.9 Å². The number of esters is 1. The molecule has 2 aliphatic rings. The highest BCUT2D eigenvalue weighted by atomic mass is 32.2. The van der Waals surface area contributed by atoms with E-state index in [2.05, 4.69) is 10.3 Å². The maximum absolute atomic E-state index is 13.2. The average molecular weight is 520 g/mol. The van der Waals surface area contributed by atoms with Crippen LogP contribution in [0.15, 0.2) is 75.9 Å². The number of amidine groups is 1.